The normalized spacial score (nSPS) is 12.5. The number of thioether (sulfide) groups is 2. The molecule has 0 aromatic heterocycles. The van der Waals surface area contributed by atoms with Crippen molar-refractivity contribution in [3.8, 4) is 5.75 Å². The second kappa shape index (κ2) is 16.8. The van der Waals surface area contributed by atoms with Crippen molar-refractivity contribution in [2.45, 2.75) is 87.9 Å². The van der Waals surface area contributed by atoms with Crippen LogP contribution in [0.1, 0.15) is 47.6 Å². The minimum atomic E-state index is -0.981. The van der Waals surface area contributed by atoms with Crippen molar-refractivity contribution in [3.05, 3.63) is 88.5 Å². The van der Waals surface area contributed by atoms with Gasteiger partial charge in [0.25, 0.3) is 0 Å². The summed E-state index contributed by atoms with van der Waals surface area (Å²) >= 11 is 3.96. The molecule has 0 atom stereocenters. The average molecular weight is 633 g/mol. The number of benzene rings is 3. The van der Waals surface area contributed by atoms with Crippen molar-refractivity contribution in [1.29, 1.82) is 0 Å². The van der Waals surface area contributed by atoms with E-state index in [1.54, 1.807) is 0 Å². The molecule has 0 amide bonds. The van der Waals surface area contributed by atoms with Crippen molar-refractivity contribution >= 4 is 64.0 Å². The van der Waals surface area contributed by atoms with Gasteiger partial charge < -0.3 is 4.74 Å². The van der Waals surface area contributed by atoms with Crippen LogP contribution in [0.3, 0.4) is 0 Å². The number of aryl methyl sites for hydroxylation is 1. The van der Waals surface area contributed by atoms with Gasteiger partial charge in [0.2, 0.25) is 0 Å². The molecule has 3 aromatic rings. The molecule has 0 saturated carbocycles. The van der Waals surface area contributed by atoms with Gasteiger partial charge in [-0.3, -0.25) is 0 Å². The van der Waals surface area contributed by atoms with E-state index in [2.05, 4.69) is 138 Å². The van der Waals surface area contributed by atoms with Gasteiger partial charge in [-0.1, -0.05) is 101 Å². The number of unbranched alkanes of at least 4 members (excludes halogenated alkanes) is 1. The zero-order valence-corrected chi connectivity index (χ0v) is 30.9. The van der Waals surface area contributed by atoms with Crippen LogP contribution in [0.2, 0.25) is 51.4 Å². The molecule has 0 spiro atoms. The maximum Gasteiger partial charge on any atom is 0.127 e. The monoisotopic (exact) mass is 632 g/mol. The molecule has 0 saturated heterocycles. The zero-order chi connectivity index (χ0) is 30.6. The van der Waals surface area contributed by atoms with E-state index in [0.717, 1.165) is 30.8 Å². The topological polar surface area (TPSA) is 9.23 Å². The lowest BCUT2D eigenvalue weighted by atomic mass is 10.0. The molecule has 0 fully saturated rings. The molecule has 0 unspecified atom stereocenters. The average Bonchev–Trinajstić information content (AvgIpc) is 2.92. The Hall–Kier alpha value is -1.93. The van der Waals surface area contributed by atoms with Crippen molar-refractivity contribution in [2.75, 3.05) is 18.1 Å². The number of hydrogen-bond donors (Lipinski definition) is 0. The maximum atomic E-state index is 6.30. The van der Waals surface area contributed by atoms with Crippen LogP contribution in [-0.2, 0) is 0 Å². The fourth-order valence-corrected chi connectivity index (χ4v) is 11.0. The molecule has 0 radical (unpaired) electrons. The van der Waals surface area contributed by atoms with Gasteiger partial charge in [-0.05, 0) is 95.6 Å². The van der Waals surface area contributed by atoms with E-state index >= 15 is 0 Å². The molecule has 42 heavy (non-hydrogen) atoms. The predicted molar refractivity (Wildman–Crippen MR) is 200 cm³/mol. The van der Waals surface area contributed by atoms with Crippen molar-refractivity contribution in [3.63, 3.8) is 0 Å². The Morgan fingerprint density at radius 2 is 1.12 bits per heavy atom. The van der Waals surface area contributed by atoms with Crippen LogP contribution in [0, 0.1) is 6.92 Å². The molecule has 0 aliphatic heterocycles. The smallest absolute Gasteiger partial charge is 0.127 e. The maximum absolute atomic E-state index is 6.30. The van der Waals surface area contributed by atoms with Crippen molar-refractivity contribution < 1.29 is 4.74 Å². The lowest BCUT2D eigenvalue weighted by Gasteiger charge is -2.14. The van der Waals surface area contributed by atoms with Gasteiger partial charge in [0.1, 0.15) is 5.75 Å². The van der Waals surface area contributed by atoms with Gasteiger partial charge in [-0.2, -0.15) is 0 Å². The van der Waals surface area contributed by atoms with Crippen molar-refractivity contribution in [1.82, 2.24) is 0 Å². The Morgan fingerprint density at radius 3 is 1.57 bits per heavy atom. The molecule has 0 bridgehead atoms. The second-order valence-electron chi connectivity index (χ2n) is 13.6. The van der Waals surface area contributed by atoms with Crippen LogP contribution < -0.4 is 4.74 Å². The van der Waals surface area contributed by atoms with E-state index in [4.69, 9.17) is 4.74 Å². The van der Waals surface area contributed by atoms with Gasteiger partial charge in [0.05, 0.1) is 6.61 Å². The van der Waals surface area contributed by atoms with Crippen LogP contribution in [0.15, 0.2) is 70.5 Å². The summed E-state index contributed by atoms with van der Waals surface area (Å²) in [5.41, 5.74) is 6.03. The summed E-state index contributed by atoms with van der Waals surface area (Å²) in [6.07, 6.45) is 11.0. The number of hydrogen-bond acceptors (Lipinski definition) is 3. The fourth-order valence-electron chi connectivity index (χ4n) is 4.16. The van der Waals surface area contributed by atoms with Gasteiger partial charge in [-0.15, -0.1) is 23.5 Å². The Labute approximate surface area is 267 Å². The third-order valence-electron chi connectivity index (χ3n) is 7.07. The summed E-state index contributed by atoms with van der Waals surface area (Å²) in [7, 11) is -1.96. The number of rotatable bonds is 16. The highest BCUT2D eigenvalue weighted by Gasteiger charge is 2.13. The molecule has 0 N–H and O–H groups in total. The summed E-state index contributed by atoms with van der Waals surface area (Å²) in [5, 5.41) is 0. The van der Waals surface area contributed by atoms with Crippen LogP contribution >= 0.6 is 23.5 Å². The van der Waals surface area contributed by atoms with E-state index in [9.17, 15) is 0 Å². The Balaban J connectivity index is 1.70. The van der Waals surface area contributed by atoms with Gasteiger partial charge >= 0.3 is 0 Å². The summed E-state index contributed by atoms with van der Waals surface area (Å²) in [6, 6.07) is 25.1. The number of ether oxygens (including phenoxy) is 1. The minimum Gasteiger partial charge on any atom is -0.493 e. The summed E-state index contributed by atoms with van der Waals surface area (Å²) < 4.78 is 6.30. The predicted octanol–water partition coefficient (Wildman–Crippen LogP) is 12.4. The first-order valence-electron chi connectivity index (χ1n) is 15.5. The third-order valence-corrected chi connectivity index (χ3v) is 13.3. The third kappa shape index (κ3) is 13.2. The second-order valence-corrected chi connectivity index (χ2v) is 27.2. The summed E-state index contributed by atoms with van der Waals surface area (Å²) in [5.74, 6) is 3.39. The van der Waals surface area contributed by atoms with Gasteiger partial charge in [0, 0.05) is 31.5 Å². The molecule has 5 heteroatoms. The van der Waals surface area contributed by atoms with Crippen LogP contribution in [0.4, 0.5) is 0 Å². The molecule has 0 aliphatic rings. The molecular formula is C37H52OS2Si2. The molecule has 3 rings (SSSR count). The lowest BCUT2D eigenvalue weighted by molar-refractivity contribution is 0.308. The SMILES string of the molecule is CCCCOc1cc(/C=C/c2ccc(SCC[Si](C)(C)C)cc2)c(C)cc1/C=C/c1ccc(SCC[Si](C)(C)C)cc1. The lowest BCUT2D eigenvalue weighted by Crippen LogP contribution is -2.19. The highest BCUT2D eigenvalue weighted by molar-refractivity contribution is 7.99. The van der Waals surface area contributed by atoms with Crippen LogP contribution in [0.25, 0.3) is 24.3 Å². The van der Waals surface area contributed by atoms with E-state index < -0.39 is 16.1 Å². The van der Waals surface area contributed by atoms with Crippen LogP contribution in [-0.4, -0.2) is 34.3 Å². The fraction of sp³-hybridized carbons (Fsp3) is 0.405. The van der Waals surface area contributed by atoms with Crippen LogP contribution in [0.5, 0.6) is 5.75 Å². The van der Waals surface area contributed by atoms with E-state index in [1.807, 2.05) is 23.5 Å². The molecule has 0 heterocycles. The molecule has 1 nitrogen and oxygen atoms in total. The first-order chi connectivity index (χ1) is 19.9. The molecular weight excluding hydrogens is 581 g/mol. The van der Waals surface area contributed by atoms with E-state index in [0.29, 0.717) is 0 Å². The summed E-state index contributed by atoms with van der Waals surface area (Å²) in [6.45, 7) is 19.8. The van der Waals surface area contributed by atoms with Gasteiger partial charge in [0.15, 0.2) is 0 Å². The van der Waals surface area contributed by atoms with E-state index in [-0.39, 0.29) is 0 Å². The Morgan fingerprint density at radius 1 is 0.643 bits per heavy atom. The Bertz CT molecular complexity index is 1300. The molecule has 226 valence electrons. The molecule has 3 aromatic carbocycles. The highest BCUT2D eigenvalue weighted by Crippen LogP contribution is 2.29. The Kier molecular flexibility index (Phi) is 13.8. The van der Waals surface area contributed by atoms with E-state index in [1.165, 1.54) is 55.6 Å². The van der Waals surface area contributed by atoms with Gasteiger partial charge in [-0.25, -0.2) is 0 Å². The highest BCUT2D eigenvalue weighted by atomic mass is 32.2. The molecule has 0 aliphatic carbocycles. The standard InChI is InChI=1S/C37H52OS2Si2/c1-9-10-23-38-37-29-33(17-11-31-13-19-35(20-14-31)39-24-26-41(3,4)5)30(2)28-34(37)18-12-32-15-21-36(22-16-32)40-25-27-42(6,7)8/h11-22,28-29H,9-10,23-27H2,1-8H3/b17-11+,18-12+. The first kappa shape index (κ1) is 34.6. The largest absolute Gasteiger partial charge is 0.493 e. The summed E-state index contributed by atoms with van der Waals surface area (Å²) in [4.78, 5) is 2.72. The first-order valence-corrected chi connectivity index (χ1v) is 24.9. The van der Waals surface area contributed by atoms with Crippen molar-refractivity contribution in [2.24, 2.45) is 0 Å². The quantitative estimate of drug-likeness (QED) is 0.0673. The zero-order valence-electron chi connectivity index (χ0n) is 27.3. The minimum absolute atomic E-state index is 0.740.